The highest BCUT2D eigenvalue weighted by Crippen LogP contribution is 2.19. The average Bonchev–Trinajstić information content (AvgIpc) is 3.12. The first-order valence-electron chi connectivity index (χ1n) is 8.78. The van der Waals surface area contributed by atoms with Crippen LogP contribution in [0.2, 0.25) is 0 Å². The third kappa shape index (κ3) is 4.15. The van der Waals surface area contributed by atoms with Gasteiger partial charge in [0, 0.05) is 12.5 Å². The van der Waals surface area contributed by atoms with Gasteiger partial charge in [0.25, 0.3) is 5.91 Å². The molecule has 1 amide bonds. The molecular formula is C21H25N3O. The molecule has 1 N–H and O–H groups in total. The van der Waals surface area contributed by atoms with Crippen LogP contribution in [-0.2, 0) is 4.79 Å². The largest absolute Gasteiger partial charge is 0.302 e. The summed E-state index contributed by atoms with van der Waals surface area (Å²) in [6.45, 7) is 7.23. The van der Waals surface area contributed by atoms with Gasteiger partial charge in [0.2, 0.25) is 0 Å². The van der Waals surface area contributed by atoms with Gasteiger partial charge in [-0.25, -0.2) is 5.01 Å². The maximum atomic E-state index is 12.5. The second-order valence-corrected chi connectivity index (χ2v) is 6.64. The molecule has 1 atom stereocenters. The fourth-order valence-corrected chi connectivity index (χ4v) is 3.14. The van der Waals surface area contributed by atoms with Crippen LogP contribution in [0.4, 0.5) is 0 Å². The smallest absolute Gasteiger partial charge is 0.256 e. The molecule has 1 aliphatic heterocycles. The molecule has 2 aromatic carbocycles. The molecule has 0 spiro atoms. The summed E-state index contributed by atoms with van der Waals surface area (Å²) in [5, 5.41) is 9.43. The zero-order valence-electron chi connectivity index (χ0n) is 15.1. The summed E-state index contributed by atoms with van der Waals surface area (Å²) in [7, 11) is 0. The Balaban J connectivity index is 1.60. The molecule has 1 heterocycles. The Morgan fingerprint density at radius 1 is 1.20 bits per heavy atom. The highest BCUT2D eigenvalue weighted by atomic mass is 16.2. The van der Waals surface area contributed by atoms with Gasteiger partial charge in [0.15, 0.2) is 0 Å². The second-order valence-electron chi connectivity index (χ2n) is 6.64. The van der Waals surface area contributed by atoms with Crippen molar-refractivity contribution in [1.29, 1.82) is 0 Å². The number of hydrogen-bond acceptors (Lipinski definition) is 3. The summed E-state index contributed by atoms with van der Waals surface area (Å²) in [5.41, 5.74) is 5.79. The maximum Gasteiger partial charge on any atom is 0.256 e. The summed E-state index contributed by atoms with van der Waals surface area (Å²) in [6.07, 6.45) is 0.808. The zero-order valence-corrected chi connectivity index (χ0v) is 15.1. The van der Waals surface area contributed by atoms with E-state index in [4.69, 9.17) is 0 Å². The van der Waals surface area contributed by atoms with Crippen molar-refractivity contribution in [1.82, 2.24) is 10.3 Å². The number of carbonyl (C=O) groups is 1. The molecule has 0 fully saturated rings. The molecular weight excluding hydrogens is 310 g/mol. The fourth-order valence-electron chi connectivity index (χ4n) is 3.14. The monoisotopic (exact) mass is 335 g/mol. The number of nitrogens with zero attached hydrogens (tertiary/aromatic N) is 2. The Labute approximate surface area is 149 Å². The van der Waals surface area contributed by atoms with Crippen molar-refractivity contribution in [2.24, 2.45) is 5.10 Å². The van der Waals surface area contributed by atoms with Crippen LogP contribution in [0.5, 0.6) is 0 Å². The molecule has 130 valence electrons. The molecule has 0 radical (unpaired) electrons. The maximum absolute atomic E-state index is 12.5. The minimum absolute atomic E-state index is 0.0167. The van der Waals surface area contributed by atoms with Gasteiger partial charge in [0.1, 0.15) is 0 Å². The highest BCUT2D eigenvalue weighted by molar-refractivity contribution is 6.02. The van der Waals surface area contributed by atoms with E-state index in [1.165, 1.54) is 16.7 Å². The molecule has 0 saturated heterocycles. The predicted octanol–water partition coefficient (Wildman–Crippen LogP) is 3.59. The van der Waals surface area contributed by atoms with E-state index in [1.807, 2.05) is 30.3 Å². The standard InChI is InChI=1S/C21H25N3O/c1-15-9-10-16(2)19(13-15)17(3)22-14-21(25)24-12-11-20(23-24)18-7-5-4-6-8-18/h4-10,13,17,22H,11-12,14H2,1-3H3/t17-/m0/s1. The van der Waals surface area contributed by atoms with Crippen molar-refractivity contribution >= 4 is 11.6 Å². The lowest BCUT2D eigenvalue weighted by Crippen LogP contribution is -2.35. The number of carbonyl (C=O) groups excluding carboxylic acids is 1. The van der Waals surface area contributed by atoms with Crippen LogP contribution in [0.15, 0.2) is 53.6 Å². The quantitative estimate of drug-likeness (QED) is 0.907. The van der Waals surface area contributed by atoms with Gasteiger partial charge in [-0.1, -0.05) is 54.1 Å². The second kappa shape index (κ2) is 7.62. The Morgan fingerprint density at radius 3 is 2.72 bits per heavy atom. The molecule has 0 bridgehead atoms. The van der Waals surface area contributed by atoms with Crippen LogP contribution in [-0.4, -0.2) is 29.7 Å². The first-order chi connectivity index (χ1) is 12.0. The van der Waals surface area contributed by atoms with Crippen LogP contribution in [0, 0.1) is 13.8 Å². The molecule has 0 unspecified atom stereocenters. The Hall–Kier alpha value is -2.46. The first kappa shape index (κ1) is 17.4. The summed E-state index contributed by atoms with van der Waals surface area (Å²) in [4.78, 5) is 12.5. The van der Waals surface area contributed by atoms with Crippen LogP contribution in [0.25, 0.3) is 0 Å². The SMILES string of the molecule is Cc1ccc(C)c([C@H](C)NCC(=O)N2CCC(c3ccccc3)=N2)c1. The van der Waals surface area contributed by atoms with Gasteiger partial charge >= 0.3 is 0 Å². The van der Waals surface area contributed by atoms with Crippen molar-refractivity contribution in [3.63, 3.8) is 0 Å². The van der Waals surface area contributed by atoms with E-state index >= 15 is 0 Å². The number of nitrogens with one attached hydrogen (secondary N) is 1. The minimum atomic E-state index is 0.0167. The van der Waals surface area contributed by atoms with E-state index in [2.05, 4.69) is 49.4 Å². The molecule has 25 heavy (non-hydrogen) atoms. The third-order valence-electron chi connectivity index (χ3n) is 4.66. The number of rotatable bonds is 5. The summed E-state index contributed by atoms with van der Waals surface area (Å²) in [5.74, 6) is 0.0167. The summed E-state index contributed by atoms with van der Waals surface area (Å²) in [6, 6.07) is 16.6. The van der Waals surface area contributed by atoms with Crippen LogP contribution < -0.4 is 5.32 Å². The minimum Gasteiger partial charge on any atom is -0.302 e. The van der Waals surface area contributed by atoms with Crippen LogP contribution in [0.1, 0.15) is 41.6 Å². The first-order valence-corrected chi connectivity index (χ1v) is 8.78. The van der Waals surface area contributed by atoms with Crippen molar-refractivity contribution in [3.05, 3.63) is 70.8 Å². The van der Waals surface area contributed by atoms with E-state index in [9.17, 15) is 4.79 Å². The third-order valence-corrected chi connectivity index (χ3v) is 4.66. The average molecular weight is 335 g/mol. The Morgan fingerprint density at radius 2 is 1.96 bits per heavy atom. The van der Waals surface area contributed by atoms with Crippen LogP contribution in [0.3, 0.4) is 0 Å². The van der Waals surface area contributed by atoms with E-state index in [0.717, 1.165) is 17.7 Å². The lowest BCUT2D eigenvalue weighted by Gasteiger charge is -2.18. The molecule has 4 heteroatoms. The lowest BCUT2D eigenvalue weighted by molar-refractivity contribution is -0.129. The van der Waals surface area contributed by atoms with Gasteiger partial charge in [-0.2, -0.15) is 5.10 Å². The van der Waals surface area contributed by atoms with E-state index in [1.54, 1.807) is 5.01 Å². The Kier molecular flexibility index (Phi) is 5.29. The van der Waals surface area contributed by atoms with Gasteiger partial charge in [-0.05, 0) is 37.5 Å². The zero-order chi connectivity index (χ0) is 17.8. The molecule has 3 rings (SSSR count). The fraction of sp³-hybridized carbons (Fsp3) is 0.333. The molecule has 4 nitrogen and oxygen atoms in total. The normalized spacial score (nSPS) is 15.2. The van der Waals surface area contributed by atoms with E-state index < -0.39 is 0 Å². The molecule has 0 aliphatic carbocycles. The summed E-state index contributed by atoms with van der Waals surface area (Å²) < 4.78 is 0. The number of benzene rings is 2. The number of hydrogen-bond donors (Lipinski definition) is 1. The lowest BCUT2D eigenvalue weighted by atomic mass is 10.00. The van der Waals surface area contributed by atoms with Crippen molar-refractivity contribution in [2.75, 3.05) is 13.1 Å². The van der Waals surface area contributed by atoms with Gasteiger partial charge in [0.05, 0.1) is 18.8 Å². The van der Waals surface area contributed by atoms with Gasteiger partial charge in [-0.3, -0.25) is 4.79 Å². The molecule has 0 saturated carbocycles. The predicted molar refractivity (Wildman–Crippen MR) is 102 cm³/mol. The van der Waals surface area contributed by atoms with Crippen LogP contribution >= 0.6 is 0 Å². The summed E-state index contributed by atoms with van der Waals surface area (Å²) >= 11 is 0. The van der Waals surface area contributed by atoms with Gasteiger partial charge < -0.3 is 5.32 Å². The highest BCUT2D eigenvalue weighted by Gasteiger charge is 2.21. The topological polar surface area (TPSA) is 44.7 Å². The van der Waals surface area contributed by atoms with Crippen molar-refractivity contribution in [2.45, 2.75) is 33.2 Å². The Bertz CT molecular complexity index is 783. The molecule has 2 aromatic rings. The number of hydrazone groups is 1. The molecule has 1 aliphatic rings. The van der Waals surface area contributed by atoms with Crippen molar-refractivity contribution in [3.8, 4) is 0 Å². The van der Waals surface area contributed by atoms with E-state index in [-0.39, 0.29) is 11.9 Å². The van der Waals surface area contributed by atoms with Gasteiger partial charge in [-0.15, -0.1) is 0 Å². The van der Waals surface area contributed by atoms with Crippen molar-refractivity contribution < 1.29 is 4.79 Å². The number of amides is 1. The van der Waals surface area contributed by atoms with E-state index in [0.29, 0.717) is 13.1 Å². The number of aryl methyl sites for hydroxylation is 2. The molecule has 0 aromatic heterocycles.